The third-order valence-electron chi connectivity index (χ3n) is 5.41. The highest BCUT2D eigenvalue weighted by Gasteiger charge is 2.21. The number of benzene rings is 1. The lowest BCUT2D eigenvalue weighted by atomic mass is 10.0. The Morgan fingerprint density at radius 3 is 2.53 bits per heavy atom. The van der Waals surface area contributed by atoms with Gasteiger partial charge < -0.3 is 5.32 Å². The van der Waals surface area contributed by atoms with Crippen molar-refractivity contribution in [2.45, 2.75) is 30.7 Å². The van der Waals surface area contributed by atoms with Gasteiger partial charge in [-0.25, -0.2) is 22.2 Å². The molecule has 34 heavy (non-hydrogen) atoms. The fourth-order valence-electron chi connectivity index (χ4n) is 3.65. The SMILES string of the molecule is CCC[C@H](NC(=O)c1cncc2c1cnn2-c1ccc(F)cc1)c1cncc(S(=O)(=O)NC)c1. The lowest BCUT2D eigenvalue weighted by molar-refractivity contribution is 0.0935. The Hall–Kier alpha value is -3.70. The van der Waals surface area contributed by atoms with Crippen molar-refractivity contribution in [1.29, 1.82) is 0 Å². The Morgan fingerprint density at radius 2 is 1.82 bits per heavy atom. The first-order chi connectivity index (χ1) is 16.3. The summed E-state index contributed by atoms with van der Waals surface area (Å²) in [4.78, 5) is 21.5. The van der Waals surface area contributed by atoms with E-state index in [1.165, 1.54) is 37.6 Å². The van der Waals surface area contributed by atoms with Gasteiger partial charge in [-0.2, -0.15) is 5.10 Å². The number of aromatic nitrogens is 4. The van der Waals surface area contributed by atoms with E-state index in [0.717, 1.165) is 6.42 Å². The third kappa shape index (κ3) is 4.66. The second kappa shape index (κ2) is 9.65. The van der Waals surface area contributed by atoms with E-state index in [1.807, 2.05) is 6.92 Å². The summed E-state index contributed by atoms with van der Waals surface area (Å²) in [6, 6.07) is 6.89. The molecule has 4 aromatic rings. The number of pyridine rings is 2. The summed E-state index contributed by atoms with van der Waals surface area (Å²) in [5.74, 6) is -0.737. The van der Waals surface area contributed by atoms with Crippen LogP contribution in [-0.2, 0) is 10.0 Å². The molecule has 0 aliphatic heterocycles. The van der Waals surface area contributed by atoms with Gasteiger partial charge in [0, 0.05) is 24.0 Å². The fraction of sp³-hybridized carbons (Fsp3) is 0.217. The Morgan fingerprint density at radius 1 is 1.09 bits per heavy atom. The summed E-state index contributed by atoms with van der Waals surface area (Å²) in [6.45, 7) is 1.97. The van der Waals surface area contributed by atoms with E-state index < -0.39 is 16.1 Å². The Labute approximate surface area is 196 Å². The maximum Gasteiger partial charge on any atom is 0.254 e. The van der Waals surface area contributed by atoms with E-state index in [-0.39, 0.29) is 16.6 Å². The molecule has 0 aliphatic rings. The van der Waals surface area contributed by atoms with Crippen molar-refractivity contribution in [2.24, 2.45) is 0 Å². The van der Waals surface area contributed by atoms with Crippen LogP contribution >= 0.6 is 0 Å². The molecule has 11 heteroatoms. The van der Waals surface area contributed by atoms with Crippen LogP contribution < -0.4 is 10.0 Å². The monoisotopic (exact) mass is 482 g/mol. The molecule has 176 valence electrons. The van der Waals surface area contributed by atoms with Crippen LogP contribution in [0.3, 0.4) is 0 Å². The normalized spacial score (nSPS) is 12.6. The average Bonchev–Trinajstić information content (AvgIpc) is 3.28. The van der Waals surface area contributed by atoms with E-state index in [0.29, 0.717) is 34.1 Å². The van der Waals surface area contributed by atoms with Gasteiger partial charge in [0.05, 0.1) is 35.2 Å². The minimum Gasteiger partial charge on any atom is -0.345 e. The van der Waals surface area contributed by atoms with Crippen LogP contribution in [0, 0.1) is 5.82 Å². The Kier molecular flexibility index (Phi) is 6.66. The minimum absolute atomic E-state index is 0.0206. The quantitative estimate of drug-likeness (QED) is 0.398. The molecule has 0 saturated carbocycles. The van der Waals surface area contributed by atoms with Crippen LogP contribution in [0.4, 0.5) is 4.39 Å². The summed E-state index contributed by atoms with van der Waals surface area (Å²) in [5.41, 5.74) is 2.12. The lowest BCUT2D eigenvalue weighted by Crippen LogP contribution is -2.29. The molecule has 0 aliphatic carbocycles. The second-order valence-electron chi connectivity index (χ2n) is 7.63. The Bertz CT molecular complexity index is 1440. The zero-order chi connectivity index (χ0) is 24.3. The first-order valence-electron chi connectivity index (χ1n) is 10.6. The second-order valence-corrected chi connectivity index (χ2v) is 9.52. The van der Waals surface area contributed by atoms with Crippen molar-refractivity contribution in [3.63, 3.8) is 0 Å². The number of nitrogens with one attached hydrogen (secondary N) is 2. The van der Waals surface area contributed by atoms with Crippen LogP contribution in [0.1, 0.15) is 41.7 Å². The molecule has 0 unspecified atom stereocenters. The van der Waals surface area contributed by atoms with Crippen LogP contribution in [0.5, 0.6) is 0 Å². The number of hydrogen-bond donors (Lipinski definition) is 2. The molecule has 0 fully saturated rings. The molecule has 0 radical (unpaired) electrons. The van der Waals surface area contributed by atoms with Crippen molar-refractivity contribution >= 4 is 26.8 Å². The number of nitrogens with zero attached hydrogens (tertiary/aromatic N) is 4. The van der Waals surface area contributed by atoms with Gasteiger partial charge in [0.25, 0.3) is 5.91 Å². The van der Waals surface area contributed by atoms with Crippen LogP contribution in [0.25, 0.3) is 16.6 Å². The lowest BCUT2D eigenvalue weighted by Gasteiger charge is -2.19. The fourth-order valence-corrected chi connectivity index (χ4v) is 4.37. The molecule has 0 bridgehead atoms. The van der Waals surface area contributed by atoms with Gasteiger partial charge in [-0.1, -0.05) is 13.3 Å². The zero-order valence-corrected chi connectivity index (χ0v) is 19.4. The molecule has 2 N–H and O–H groups in total. The zero-order valence-electron chi connectivity index (χ0n) is 18.6. The van der Waals surface area contributed by atoms with Gasteiger partial charge in [-0.3, -0.25) is 14.8 Å². The molecule has 9 nitrogen and oxygen atoms in total. The molecule has 1 amide bonds. The highest BCUT2D eigenvalue weighted by atomic mass is 32.2. The third-order valence-corrected chi connectivity index (χ3v) is 6.79. The summed E-state index contributed by atoms with van der Waals surface area (Å²) >= 11 is 0. The van der Waals surface area contributed by atoms with Gasteiger partial charge in [0.2, 0.25) is 10.0 Å². The largest absolute Gasteiger partial charge is 0.345 e. The molecule has 4 rings (SSSR count). The first kappa shape index (κ1) is 23.5. The van der Waals surface area contributed by atoms with Gasteiger partial charge in [-0.05, 0) is 49.4 Å². The maximum absolute atomic E-state index is 13.3. The van der Waals surface area contributed by atoms with E-state index in [2.05, 4.69) is 25.1 Å². The Balaban J connectivity index is 1.66. The number of carbonyl (C=O) groups excluding carboxylic acids is 1. The maximum atomic E-state index is 13.3. The number of hydrogen-bond acceptors (Lipinski definition) is 6. The molecule has 1 atom stereocenters. The average molecular weight is 483 g/mol. The minimum atomic E-state index is -3.67. The standard InChI is InChI=1S/C23H23FN6O3S/c1-3-4-21(15-9-18(11-26-10-15)34(32,33)25-2)29-23(31)20-12-27-14-22-19(20)13-28-30(22)17-7-5-16(24)6-8-17/h5-14,21,25H,3-4H2,1-2H3,(H,29,31)/t21-/m0/s1. The summed E-state index contributed by atoms with van der Waals surface area (Å²) in [6.07, 6.45) is 8.73. The summed E-state index contributed by atoms with van der Waals surface area (Å²) < 4.78 is 41.5. The van der Waals surface area contributed by atoms with Crippen LogP contribution in [-0.4, -0.2) is 41.1 Å². The van der Waals surface area contributed by atoms with E-state index in [1.54, 1.807) is 35.4 Å². The molecule has 0 spiro atoms. The molecule has 0 saturated heterocycles. The number of rotatable bonds is 8. The summed E-state index contributed by atoms with van der Waals surface area (Å²) in [7, 11) is -2.35. The van der Waals surface area contributed by atoms with Gasteiger partial charge >= 0.3 is 0 Å². The van der Waals surface area contributed by atoms with Crippen molar-refractivity contribution in [3.05, 3.63) is 78.3 Å². The van der Waals surface area contributed by atoms with Crippen molar-refractivity contribution in [1.82, 2.24) is 29.8 Å². The number of fused-ring (bicyclic) bond motifs is 1. The van der Waals surface area contributed by atoms with Gasteiger partial charge in [-0.15, -0.1) is 0 Å². The van der Waals surface area contributed by atoms with Gasteiger partial charge in [0.15, 0.2) is 0 Å². The van der Waals surface area contributed by atoms with Crippen molar-refractivity contribution in [2.75, 3.05) is 7.05 Å². The molecular weight excluding hydrogens is 459 g/mol. The topological polar surface area (TPSA) is 119 Å². The molecule has 3 heterocycles. The van der Waals surface area contributed by atoms with Crippen molar-refractivity contribution < 1.29 is 17.6 Å². The van der Waals surface area contributed by atoms with Crippen LogP contribution in [0.15, 0.2) is 66.2 Å². The van der Waals surface area contributed by atoms with E-state index in [4.69, 9.17) is 0 Å². The molecular formula is C23H23FN6O3S. The summed E-state index contributed by atoms with van der Waals surface area (Å²) in [5, 5.41) is 7.91. The molecule has 1 aromatic carbocycles. The number of carbonyl (C=O) groups is 1. The highest BCUT2D eigenvalue weighted by molar-refractivity contribution is 7.89. The van der Waals surface area contributed by atoms with E-state index >= 15 is 0 Å². The predicted octanol–water partition coefficient (Wildman–Crippen LogP) is 3.13. The van der Waals surface area contributed by atoms with E-state index in [9.17, 15) is 17.6 Å². The van der Waals surface area contributed by atoms with Gasteiger partial charge in [0.1, 0.15) is 10.7 Å². The number of amides is 1. The van der Waals surface area contributed by atoms with Crippen molar-refractivity contribution in [3.8, 4) is 5.69 Å². The highest BCUT2D eigenvalue weighted by Crippen LogP contribution is 2.24. The van der Waals surface area contributed by atoms with Crippen LogP contribution in [0.2, 0.25) is 0 Å². The first-order valence-corrected chi connectivity index (χ1v) is 12.1. The predicted molar refractivity (Wildman–Crippen MR) is 124 cm³/mol. The number of halogens is 1. The smallest absolute Gasteiger partial charge is 0.254 e. The molecule has 3 aromatic heterocycles. The number of sulfonamides is 1.